The molecule has 0 saturated heterocycles. The lowest BCUT2D eigenvalue weighted by Gasteiger charge is -2.20. The van der Waals surface area contributed by atoms with Crippen LogP contribution in [0.2, 0.25) is 0 Å². The van der Waals surface area contributed by atoms with E-state index in [9.17, 15) is 0 Å². The molecule has 0 aliphatic heterocycles. The maximum Gasteiger partial charge on any atom is 0.0558 e. The summed E-state index contributed by atoms with van der Waals surface area (Å²) in [6.07, 6.45) is 9.10. The molecular weight excluding hydrogens is 200 g/mol. The normalized spacial score (nSPS) is 11.2. The van der Waals surface area contributed by atoms with E-state index in [2.05, 4.69) is 22.9 Å². The number of nitrogens with zero attached hydrogens (tertiary/aromatic N) is 1. The van der Waals surface area contributed by atoms with Gasteiger partial charge in [0.25, 0.3) is 0 Å². The summed E-state index contributed by atoms with van der Waals surface area (Å²) in [6.45, 7) is 5.28. The number of nitrogens with one attached hydrogen (secondary N) is 1. The van der Waals surface area contributed by atoms with Crippen LogP contribution in [0.25, 0.3) is 0 Å². The summed E-state index contributed by atoms with van der Waals surface area (Å²) < 4.78 is 0. The van der Waals surface area contributed by atoms with Crippen LogP contribution in [-0.4, -0.2) is 34.7 Å². The predicted octanol–water partition coefficient (Wildman–Crippen LogP) is 2.39. The molecule has 0 aromatic carbocycles. The van der Waals surface area contributed by atoms with Gasteiger partial charge in [0, 0.05) is 25.5 Å². The van der Waals surface area contributed by atoms with Crippen LogP contribution in [0.5, 0.6) is 0 Å². The Hall–Kier alpha value is -0.800. The Morgan fingerprint density at radius 3 is 2.75 bits per heavy atom. The number of H-pyrrole nitrogens is 1. The van der Waals surface area contributed by atoms with Gasteiger partial charge in [-0.1, -0.05) is 26.2 Å². The van der Waals surface area contributed by atoms with E-state index in [0.29, 0.717) is 0 Å². The maximum absolute atomic E-state index is 9.02. The summed E-state index contributed by atoms with van der Waals surface area (Å²) >= 11 is 0. The van der Waals surface area contributed by atoms with Crippen molar-refractivity contribution in [2.75, 3.05) is 19.7 Å². The molecule has 1 aromatic rings. The van der Waals surface area contributed by atoms with Crippen LogP contribution in [0.15, 0.2) is 18.5 Å². The van der Waals surface area contributed by atoms with Gasteiger partial charge in [0.15, 0.2) is 0 Å². The average Bonchev–Trinajstić information content (AvgIpc) is 2.77. The lowest BCUT2D eigenvalue weighted by atomic mass is 10.2. The molecular formula is C13H24N2O. The third kappa shape index (κ3) is 5.33. The number of hydrogen-bond donors (Lipinski definition) is 2. The molecule has 0 radical (unpaired) electrons. The zero-order valence-corrected chi connectivity index (χ0v) is 10.3. The van der Waals surface area contributed by atoms with Crippen LogP contribution < -0.4 is 0 Å². The molecule has 0 fully saturated rings. The number of unbranched alkanes of at least 4 members (excludes halogenated alkanes) is 3. The number of aromatic amines is 1. The van der Waals surface area contributed by atoms with Gasteiger partial charge >= 0.3 is 0 Å². The smallest absolute Gasteiger partial charge is 0.0558 e. The molecule has 3 heteroatoms. The fourth-order valence-electron chi connectivity index (χ4n) is 1.89. The number of aliphatic hydroxyl groups is 1. The summed E-state index contributed by atoms with van der Waals surface area (Å²) in [7, 11) is 0. The molecule has 0 aliphatic carbocycles. The first-order valence-electron chi connectivity index (χ1n) is 6.31. The van der Waals surface area contributed by atoms with Crippen molar-refractivity contribution in [3.8, 4) is 0 Å². The topological polar surface area (TPSA) is 39.3 Å². The molecule has 92 valence electrons. The van der Waals surface area contributed by atoms with E-state index in [0.717, 1.165) is 19.6 Å². The third-order valence-electron chi connectivity index (χ3n) is 2.81. The van der Waals surface area contributed by atoms with Crippen molar-refractivity contribution >= 4 is 0 Å². The molecule has 0 amide bonds. The Labute approximate surface area is 98.5 Å². The van der Waals surface area contributed by atoms with Gasteiger partial charge in [-0.05, 0) is 24.6 Å². The predicted molar refractivity (Wildman–Crippen MR) is 67.3 cm³/mol. The number of rotatable bonds is 9. The number of hydrogen-bond acceptors (Lipinski definition) is 2. The molecule has 0 bridgehead atoms. The Balaban J connectivity index is 2.24. The standard InChI is InChI=1S/C13H24N2O/c1-2-3-4-5-8-15(9-10-16)12-13-6-7-14-11-13/h6-7,11,14,16H,2-5,8-10,12H2,1H3. The van der Waals surface area contributed by atoms with E-state index in [4.69, 9.17) is 5.11 Å². The first-order chi connectivity index (χ1) is 7.86. The average molecular weight is 224 g/mol. The highest BCUT2D eigenvalue weighted by Crippen LogP contribution is 2.06. The van der Waals surface area contributed by atoms with E-state index < -0.39 is 0 Å². The summed E-state index contributed by atoms with van der Waals surface area (Å²) in [5.74, 6) is 0. The molecule has 0 atom stereocenters. The fourth-order valence-corrected chi connectivity index (χ4v) is 1.89. The van der Waals surface area contributed by atoms with E-state index in [-0.39, 0.29) is 6.61 Å². The van der Waals surface area contributed by atoms with Crippen molar-refractivity contribution in [3.63, 3.8) is 0 Å². The molecule has 1 heterocycles. The summed E-state index contributed by atoms with van der Waals surface area (Å²) in [6, 6.07) is 2.09. The summed E-state index contributed by atoms with van der Waals surface area (Å²) in [4.78, 5) is 5.38. The van der Waals surface area contributed by atoms with Gasteiger partial charge in [0.2, 0.25) is 0 Å². The van der Waals surface area contributed by atoms with Gasteiger partial charge in [-0.25, -0.2) is 0 Å². The highest BCUT2D eigenvalue weighted by atomic mass is 16.3. The third-order valence-corrected chi connectivity index (χ3v) is 2.81. The van der Waals surface area contributed by atoms with Gasteiger partial charge in [-0.3, -0.25) is 4.90 Å². The van der Waals surface area contributed by atoms with Crippen molar-refractivity contribution in [2.24, 2.45) is 0 Å². The van der Waals surface area contributed by atoms with Crippen molar-refractivity contribution in [3.05, 3.63) is 24.0 Å². The molecule has 3 nitrogen and oxygen atoms in total. The lowest BCUT2D eigenvalue weighted by molar-refractivity contribution is 0.187. The van der Waals surface area contributed by atoms with Crippen LogP contribution in [0.3, 0.4) is 0 Å². The Morgan fingerprint density at radius 1 is 1.25 bits per heavy atom. The van der Waals surface area contributed by atoms with E-state index in [1.807, 2.05) is 12.4 Å². The minimum absolute atomic E-state index is 0.248. The molecule has 0 unspecified atom stereocenters. The van der Waals surface area contributed by atoms with Crippen LogP contribution in [0, 0.1) is 0 Å². The number of aromatic nitrogens is 1. The van der Waals surface area contributed by atoms with Crippen LogP contribution >= 0.6 is 0 Å². The van der Waals surface area contributed by atoms with E-state index in [1.165, 1.54) is 31.2 Å². The van der Waals surface area contributed by atoms with Crippen LogP contribution in [-0.2, 0) is 6.54 Å². The summed E-state index contributed by atoms with van der Waals surface area (Å²) in [5.41, 5.74) is 1.30. The van der Waals surface area contributed by atoms with Crippen molar-refractivity contribution in [1.29, 1.82) is 0 Å². The van der Waals surface area contributed by atoms with Crippen LogP contribution in [0.4, 0.5) is 0 Å². The highest BCUT2D eigenvalue weighted by Gasteiger charge is 2.05. The Bertz CT molecular complexity index is 246. The molecule has 0 saturated carbocycles. The van der Waals surface area contributed by atoms with E-state index >= 15 is 0 Å². The second kappa shape index (κ2) is 8.36. The summed E-state index contributed by atoms with van der Waals surface area (Å²) in [5, 5.41) is 9.02. The second-order valence-corrected chi connectivity index (χ2v) is 4.28. The molecule has 0 aliphatic rings. The van der Waals surface area contributed by atoms with Gasteiger partial charge in [0.05, 0.1) is 6.61 Å². The van der Waals surface area contributed by atoms with Gasteiger partial charge in [-0.15, -0.1) is 0 Å². The van der Waals surface area contributed by atoms with E-state index in [1.54, 1.807) is 0 Å². The van der Waals surface area contributed by atoms with Crippen molar-refractivity contribution < 1.29 is 5.11 Å². The zero-order chi connectivity index (χ0) is 11.6. The number of aliphatic hydroxyl groups excluding tert-OH is 1. The SMILES string of the molecule is CCCCCCN(CCO)Cc1cc[nH]c1. The van der Waals surface area contributed by atoms with Gasteiger partial charge < -0.3 is 10.1 Å². The molecule has 1 rings (SSSR count). The second-order valence-electron chi connectivity index (χ2n) is 4.28. The first kappa shape index (κ1) is 13.3. The fraction of sp³-hybridized carbons (Fsp3) is 0.692. The molecule has 0 spiro atoms. The molecule has 16 heavy (non-hydrogen) atoms. The molecule has 1 aromatic heterocycles. The molecule has 2 N–H and O–H groups in total. The zero-order valence-electron chi connectivity index (χ0n) is 10.3. The van der Waals surface area contributed by atoms with Gasteiger partial charge in [-0.2, -0.15) is 0 Å². The lowest BCUT2D eigenvalue weighted by Crippen LogP contribution is -2.27. The maximum atomic E-state index is 9.02. The highest BCUT2D eigenvalue weighted by molar-refractivity contribution is 5.07. The van der Waals surface area contributed by atoms with Crippen molar-refractivity contribution in [1.82, 2.24) is 9.88 Å². The minimum atomic E-state index is 0.248. The Morgan fingerprint density at radius 2 is 2.12 bits per heavy atom. The first-order valence-corrected chi connectivity index (χ1v) is 6.31. The quantitative estimate of drug-likeness (QED) is 0.632. The van der Waals surface area contributed by atoms with Crippen LogP contribution in [0.1, 0.15) is 38.2 Å². The van der Waals surface area contributed by atoms with Gasteiger partial charge in [0.1, 0.15) is 0 Å². The van der Waals surface area contributed by atoms with Crippen molar-refractivity contribution in [2.45, 2.75) is 39.2 Å². The largest absolute Gasteiger partial charge is 0.395 e. The monoisotopic (exact) mass is 224 g/mol. The minimum Gasteiger partial charge on any atom is -0.395 e. The Kier molecular flexibility index (Phi) is 6.93.